The van der Waals surface area contributed by atoms with Crippen molar-refractivity contribution in [2.75, 3.05) is 39.5 Å². The van der Waals surface area contributed by atoms with Gasteiger partial charge in [0.15, 0.2) is 0 Å². The van der Waals surface area contributed by atoms with Crippen LogP contribution in [0.1, 0.15) is 17.5 Å². The Labute approximate surface area is 214 Å². The van der Waals surface area contributed by atoms with E-state index >= 15 is 0 Å². The zero-order valence-corrected chi connectivity index (χ0v) is 20.8. The maximum atomic E-state index is 12.4. The number of halogens is 2. The van der Waals surface area contributed by atoms with Gasteiger partial charge in [0.1, 0.15) is 0 Å². The second-order valence-corrected chi connectivity index (χ2v) is 9.27. The van der Waals surface area contributed by atoms with Crippen molar-refractivity contribution in [2.45, 2.75) is 19.4 Å². The van der Waals surface area contributed by atoms with Gasteiger partial charge in [0.2, 0.25) is 0 Å². The lowest BCUT2D eigenvalue weighted by molar-refractivity contribution is -0.143. The second kappa shape index (κ2) is 12.3. The Kier molecular flexibility index (Phi) is 8.93. The van der Waals surface area contributed by atoms with Crippen LogP contribution in [0.25, 0.3) is 11.3 Å². The van der Waals surface area contributed by atoms with Gasteiger partial charge in [0.05, 0.1) is 38.5 Å². The fourth-order valence-electron chi connectivity index (χ4n) is 3.95. The number of hydrogen-bond donors (Lipinski definition) is 0. The van der Waals surface area contributed by atoms with Gasteiger partial charge >= 0.3 is 5.97 Å². The van der Waals surface area contributed by atoms with Crippen LogP contribution in [0.3, 0.4) is 0 Å². The predicted molar refractivity (Wildman–Crippen MR) is 136 cm³/mol. The van der Waals surface area contributed by atoms with Crippen LogP contribution in [0.15, 0.2) is 59.4 Å². The van der Waals surface area contributed by atoms with E-state index < -0.39 is 0 Å². The standard InChI is InChI=1S/C26H27Cl2N3O4/c27-22-15-21(16-23(28)17-22)24-5-6-25(32)31(29-24)18-20-4-1-3-19(13-20)14-26(33)35-10-2-7-30-8-11-34-12-9-30/h1,3-6,13,15-17H,2,7-12,14,18H2. The quantitative estimate of drug-likeness (QED) is 0.316. The van der Waals surface area contributed by atoms with Gasteiger partial charge in [0, 0.05) is 41.3 Å². The molecule has 35 heavy (non-hydrogen) atoms. The number of ether oxygens (including phenoxy) is 2. The molecule has 4 rings (SSSR count). The Hall–Kier alpha value is -2.71. The third-order valence-electron chi connectivity index (χ3n) is 5.68. The molecule has 1 aliphatic rings. The first-order valence-electron chi connectivity index (χ1n) is 11.5. The molecule has 184 valence electrons. The van der Waals surface area contributed by atoms with Crippen LogP contribution in [0.5, 0.6) is 0 Å². The number of esters is 1. The van der Waals surface area contributed by atoms with E-state index in [9.17, 15) is 9.59 Å². The lowest BCUT2D eigenvalue weighted by Crippen LogP contribution is -2.37. The molecule has 1 fully saturated rings. The number of hydrogen-bond acceptors (Lipinski definition) is 6. The Morgan fingerprint density at radius 2 is 1.74 bits per heavy atom. The maximum absolute atomic E-state index is 12.4. The highest BCUT2D eigenvalue weighted by molar-refractivity contribution is 6.35. The van der Waals surface area contributed by atoms with Crippen LogP contribution >= 0.6 is 23.2 Å². The van der Waals surface area contributed by atoms with Gasteiger partial charge in [0.25, 0.3) is 5.56 Å². The zero-order valence-electron chi connectivity index (χ0n) is 19.3. The summed E-state index contributed by atoms with van der Waals surface area (Å²) in [6.45, 7) is 4.93. The Balaban J connectivity index is 1.35. The topological polar surface area (TPSA) is 73.7 Å². The molecule has 0 atom stereocenters. The van der Waals surface area contributed by atoms with E-state index in [1.54, 1.807) is 24.3 Å². The SMILES string of the molecule is O=C(Cc1cccc(Cn2nc(-c3cc(Cl)cc(Cl)c3)ccc2=O)c1)OCCCN1CCOCC1. The van der Waals surface area contributed by atoms with Crippen molar-refractivity contribution >= 4 is 29.2 Å². The molecule has 0 saturated carbocycles. The van der Waals surface area contributed by atoms with Gasteiger partial charge in [-0.1, -0.05) is 47.5 Å². The van der Waals surface area contributed by atoms with Gasteiger partial charge in [-0.25, -0.2) is 4.68 Å². The number of rotatable bonds is 9. The summed E-state index contributed by atoms with van der Waals surface area (Å²) in [6.07, 6.45) is 0.976. The monoisotopic (exact) mass is 515 g/mol. The van der Waals surface area contributed by atoms with Crippen LogP contribution in [0.4, 0.5) is 0 Å². The normalized spacial score (nSPS) is 14.1. The third-order valence-corrected chi connectivity index (χ3v) is 6.12. The number of carbonyl (C=O) groups is 1. The Morgan fingerprint density at radius 1 is 1.00 bits per heavy atom. The van der Waals surface area contributed by atoms with Gasteiger partial charge in [-0.15, -0.1) is 0 Å². The van der Waals surface area contributed by atoms with Crippen molar-refractivity contribution in [3.8, 4) is 11.3 Å². The Morgan fingerprint density at radius 3 is 2.51 bits per heavy atom. The summed E-state index contributed by atoms with van der Waals surface area (Å²) in [5.74, 6) is -0.265. The van der Waals surface area contributed by atoms with Gasteiger partial charge < -0.3 is 9.47 Å². The molecule has 0 N–H and O–H groups in total. The lowest BCUT2D eigenvalue weighted by atomic mass is 10.1. The number of carbonyl (C=O) groups excluding carboxylic acids is 1. The van der Waals surface area contributed by atoms with Gasteiger partial charge in [-0.05, 0) is 41.8 Å². The molecular formula is C26H27Cl2N3O4. The molecule has 3 aromatic rings. The summed E-state index contributed by atoms with van der Waals surface area (Å²) in [6, 6.07) is 15.8. The Bertz CT molecular complexity index is 1200. The van der Waals surface area contributed by atoms with Crippen molar-refractivity contribution in [1.82, 2.24) is 14.7 Å². The van der Waals surface area contributed by atoms with Crippen LogP contribution in [0, 0.1) is 0 Å². The van der Waals surface area contributed by atoms with Crippen LogP contribution in [-0.2, 0) is 27.2 Å². The number of aromatic nitrogens is 2. The van der Waals surface area contributed by atoms with Crippen LogP contribution in [-0.4, -0.2) is 60.1 Å². The van der Waals surface area contributed by atoms with E-state index in [0.29, 0.717) is 22.3 Å². The van der Waals surface area contributed by atoms with E-state index in [1.807, 2.05) is 24.3 Å². The van der Waals surface area contributed by atoms with E-state index in [-0.39, 0.29) is 24.5 Å². The summed E-state index contributed by atoms with van der Waals surface area (Å²) in [5, 5.41) is 5.47. The summed E-state index contributed by atoms with van der Waals surface area (Å²) < 4.78 is 12.1. The molecule has 0 amide bonds. The van der Waals surface area contributed by atoms with E-state index in [2.05, 4.69) is 10.00 Å². The predicted octanol–water partition coefficient (Wildman–Crippen LogP) is 4.07. The number of nitrogens with zero attached hydrogens (tertiary/aromatic N) is 3. The molecule has 0 bridgehead atoms. The summed E-state index contributed by atoms with van der Waals surface area (Å²) >= 11 is 12.2. The van der Waals surface area contributed by atoms with E-state index in [4.69, 9.17) is 32.7 Å². The summed E-state index contributed by atoms with van der Waals surface area (Å²) in [5.41, 5.74) is 2.77. The van der Waals surface area contributed by atoms with Crippen molar-refractivity contribution in [3.05, 3.63) is 86.1 Å². The maximum Gasteiger partial charge on any atom is 0.310 e. The van der Waals surface area contributed by atoms with Crippen LogP contribution < -0.4 is 5.56 Å². The van der Waals surface area contributed by atoms with Crippen LogP contribution in [0.2, 0.25) is 10.0 Å². The smallest absolute Gasteiger partial charge is 0.310 e. The van der Waals surface area contributed by atoms with E-state index in [0.717, 1.165) is 56.0 Å². The highest BCUT2D eigenvalue weighted by Gasteiger charge is 2.11. The van der Waals surface area contributed by atoms with Crippen molar-refractivity contribution in [1.29, 1.82) is 0 Å². The van der Waals surface area contributed by atoms with Gasteiger partial charge in [-0.2, -0.15) is 5.10 Å². The zero-order chi connectivity index (χ0) is 24.6. The molecule has 1 aliphatic heterocycles. The number of benzene rings is 2. The minimum Gasteiger partial charge on any atom is -0.465 e. The molecule has 0 radical (unpaired) electrons. The van der Waals surface area contributed by atoms with Crippen molar-refractivity contribution in [3.63, 3.8) is 0 Å². The highest BCUT2D eigenvalue weighted by atomic mass is 35.5. The third kappa shape index (κ3) is 7.64. The fraction of sp³-hybridized carbons (Fsp3) is 0.346. The average Bonchev–Trinajstić information content (AvgIpc) is 2.83. The van der Waals surface area contributed by atoms with E-state index in [1.165, 1.54) is 10.7 Å². The molecule has 2 aromatic carbocycles. The summed E-state index contributed by atoms with van der Waals surface area (Å²) in [7, 11) is 0. The minimum absolute atomic E-state index is 0.175. The average molecular weight is 516 g/mol. The molecular weight excluding hydrogens is 489 g/mol. The molecule has 2 heterocycles. The first-order chi connectivity index (χ1) is 17.0. The highest BCUT2D eigenvalue weighted by Crippen LogP contribution is 2.25. The number of morpholine rings is 1. The second-order valence-electron chi connectivity index (χ2n) is 8.40. The molecule has 0 unspecified atom stereocenters. The summed E-state index contributed by atoms with van der Waals surface area (Å²) in [4.78, 5) is 27.0. The largest absolute Gasteiger partial charge is 0.465 e. The lowest BCUT2D eigenvalue weighted by Gasteiger charge is -2.26. The van der Waals surface area contributed by atoms with Crippen molar-refractivity contribution in [2.24, 2.45) is 0 Å². The first-order valence-corrected chi connectivity index (χ1v) is 12.3. The molecule has 0 spiro atoms. The minimum atomic E-state index is -0.265. The molecule has 7 nitrogen and oxygen atoms in total. The molecule has 9 heteroatoms. The van der Waals surface area contributed by atoms with Gasteiger partial charge in [-0.3, -0.25) is 14.5 Å². The van der Waals surface area contributed by atoms with Crippen molar-refractivity contribution < 1.29 is 14.3 Å². The molecule has 1 saturated heterocycles. The fourth-order valence-corrected chi connectivity index (χ4v) is 4.47. The molecule has 0 aliphatic carbocycles. The molecule has 1 aromatic heterocycles. The first kappa shape index (κ1) is 25.4.